The first kappa shape index (κ1) is 25.1. The molecule has 0 fully saturated rings. The molecule has 34 heavy (non-hydrogen) atoms. The van der Waals surface area contributed by atoms with Crippen LogP contribution in [0.3, 0.4) is 0 Å². The van der Waals surface area contributed by atoms with E-state index in [0.717, 1.165) is 16.7 Å². The first-order valence-corrected chi connectivity index (χ1v) is 10.0. The minimum atomic E-state index is -5.36. The van der Waals surface area contributed by atoms with Crippen LogP contribution < -0.4 is 20.8 Å². The summed E-state index contributed by atoms with van der Waals surface area (Å²) in [7, 11) is 0. The summed E-state index contributed by atoms with van der Waals surface area (Å²) >= 11 is 2.94. The summed E-state index contributed by atoms with van der Waals surface area (Å²) in [6.07, 6.45) is -2.90. The Kier molecular flexibility index (Phi) is 7.19. The minimum absolute atomic E-state index is 0.102. The highest BCUT2D eigenvalue weighted by atomic mass is 79.9. The fourth-order valence-electron chi connectivity index (χ4n) is 2.74. The normalized spacial score (nSPS) is 11.4. The highest BCUT2D eigenvalue weighted by Crippen LogP contribution is 2.38. The molecule has 3 rings (SSSR count). The van der Waals surface area contributed by atoms with Gasteiger partial charge in [-0.25, -0.2) is 18.6 Å². The Balaban J connectivity index is 2.08. The molecule has 1 aromatic carbocycles. The second-order valence-corrected chi connectivity index (χ2v) is 7.59. The maximum atomic E-state index is 14.0. The lowest BCUT2D eigenvalue weighted by molar-refractivity contribution is -0.189. The molecule has 0 aliphatic heterocycles. The molecule has 8 nitrogen and oxygen atoms in total. The quantitative estimate of drug-likeness (QED) is 0.369. The molecule has 0 spiro atoms. The summed E-state index contributed by atoms with van der Waals surface area (Å²) in [5.41, 5.74) is 4.52. The van der Waals surface area contributed by atoms with Gasteiger partial charge in [0, 0.05) is 11.6 Å². The molecule has 14 heteroatoms. The number of alkyl halides is 3. The summed E-state index contributed by atoms with van der Waals surface area (Å²) < 4.78 is 76.2. The number of nitrogens with two attached hydrogens (primary N) is 1. The summed E-state index contributed by atoms with van der Waals surface area (Å²) in [6, 6.07) is 2.57. The van der Waals surface area contributed by atoms with Crippen molar-refractivity contribution >= 4 is 27.7 Å². The highest BCUT2D eigenvalue weighted by molar-refractivity contribution is 9.10. The summed E-state index contributed by atoms with van der Waals surface area (Å²) in [6.45, 7) is 0.330. The van der Waals surface area contributed by atoms with Crippen LogP contribution in [0.5, 0.6) is 11.5 Å². The Bertz CT molecular complexity index is 1300. The highest BCUT2D eigenvalue weighted by Gasteiger charge is 2.42. The topological polar surface area (TPSA) is 109 Å². The van der Waals surface area contributed by atoms with Crippen LogP contribution in [-0.4, -0.2) is 26.7 Å². The Hall–Kier alpha value is -3.55. The van der Waals surface area contributed by atoms with Crippen LogP contribution in [0.2, 0.25) is 0 Å². The van der Waals surface area contributed by atoms with Crippen molar-refractivity contribution in [2.75, 3.05) is 5.73 Å². The zero-order valence-corrected chi connectivity index (χ0v) is 18.7. The van der Waals surface area contributed by atoms with Crippen molar-refractivity contribution in [3.63, 3.8) is 0 Å². The van der Waals surface area contributed by atoms with Crippen molar-refractivity contribution in [3.8, 4) is 11.5 Å². The molecule has 2 N–H and O–H groups in total. The van der Waals surface area contributed by atoms with Crippen molar-refractivity contribution in [2.24, 2.45) is 0 Å². The number of ether oxygens (including phenoxy) is 2. The number of nitrogen functional groups attached to an aromatic ring is 1. The third-order valence-electron chi connectivity index (χ3n) is 4.43. The van der Waals surface area contributed by atoms with E-state index in [1.54, 1.807) is 0 Å². The lowest BCUT2D eigenvalue weighted by atomic mass is 10.2. The molecule has 0 unspecified atom stereocenters. The van der Waals surface area contributed by atoms with E-state index in [1.165, 1.54) is 19.3 Å². The lowest BCUT2D eigenvalue weighted by Gasteiger charge is -2.20. The van der Waals surface area contributed by atoms with Crippen molar-refractivity contribution in [1.82, 2.24) is 14.5 Å². The first-order valence-electron chi connectivity index (χ1n) is 9.23. The largest absolute Gasteiger partial charge is 0.491 e. The molecule has 180 valence electrons. The van der Waals surface area contributed by atoms with E-state index in [1.807, 2.05) is 0 Å². The van der Waals surface area contributed by atoms with Crippen molar-refractivity contribution in [3.05, 3.63) is 74.0 Å². The summed E-state index contributed by atoms with van der Waals surface area (Å²) in [5.74, 6) is -5.63. The predicted octanol–water partition coefficient (Wildman–Crippen LogP) is 3.66. The summed E-state index contributed by atoms with van der Waals surface area (Å²) in [4.78, 5) is 32.3. The molecule has 0 bridgehead atoms. The number of hydrogen-bond acceptors (Lipinski definition) is 7. The van der Waals surface area contributed by atoms with Gasteiger partial charge in [0.25, 0.3) is 5.56 Å². The van der Waals surface area contributed by atoms with Crippen molar-refractivity contribution in [1.29, 1.82) is 0 Å². The van der Waals surface area contributed by atoms with E-state index in [4.69, 9.17) is 10.5 Å². The minimum Gasteiger partial charge on any atom is -0.483 e. The lowest BCUT2D eigenvalue weighted by Crippen LogP contribution is -2.31. The van der Waals surface area contributed by atoms with E-state index >= 15 is 0 Å². The number of anilines is 1. The fraction of sp³-hybridized carbons (Fsp3) is 0.200. The Morgan fingerprint density at radius 3 is 2.47 bits per heavy atom. The molecule has 2 aromatic heterocycles. The molecule has 0 aliphatic rings. The number of nitrogens with zero attached hydrogens (tertiary/aromatic N) is 3. The van der Waals surface area contributed by atoms with Gasteiger partial charge >= 0.3 is 12.1 Å². The van der Waals surface area contributed by atoms with Gasteiger partial charge in [-0.05, 0) is 35.0 Å². The number of benzene rings is 1. The van der Waals surface area contributed by atoms with Crippen molar-refractivity contribution < 1.29 is 36.2 Å². The van der Waals surface area contributed by atoms with Crippen molar-refractivity contribution in [2.45, 2.75) is 26.3 Å². The predicted molar refractivity (Wildman–Crippen MR) is 111 cm³/mol. The summed E-state index contributed by atoms with van der Waals surface area (Å²) in [5, 5.41) is 0. The van der Waals surface area contributed by atoms with Gasteiger partial charge in [0.15, 0.2) is 11.5 Å². The SMILES string of the molecule is Cc1c(OC(=O)C(F)(F)F)c(OCc2ccc(F)cc2F)c(Br)c(=O)n1Cc1cnc(N)cn1. The molecule has 0 radical (unpaired) electrons. The fourth-order valence-corrected chi connectivity index (χ4v) is 3.25. The monoisotopic (exact) mass is 548 g/mol. The molecule has 2 heterocycles. The molecule has 0 saturated carbocycles. The maximum Gasteiger partial charge on any atom is 0.491 e. The van der Waals surface area contributed by atoms with Gasteiger partial charge in [0.05, 0.1) is 30.3 Å². The molecule has 0 saturated heterocycles. The first-order chi connectivity index (χ1) is 15.9. The van der Waals surface area contributed by atoms with Gasteiger partial charge in [-0.3, -0.25) is 9.78 Å². The van der Waals surface area contributed by atoms with Gasteiger partial charge in [0.2, 0.25) is 0 Å². The van der Waals surface area contributed by atoms with Crippen LogP contribution in [0.4, 0.5) is 27.8 Å². The number of halogens is 6. The molecule has 0 amide bonds. The van der Waals surface area contributed by atoms with E-state index in [-0.39, 0.29) is 29.3 Å². The number of aromatic nitrogens is 3. The zero-order chi connectivity index (χ0) is 25.2. The van der Waals surface area contributed by atoms with Crippen LogP contribution >= 0.6 is 15.9 Å². The van der Waals surface area contributed by atoms with E-state index in [2.05, 4.69) is 30.6 Å². The van der Waals surface area contributed by atoms with Crippen LogP contribution in [-0.2, 0) is 17.9 Å². The van der Waals surface area contributed by atoms with Gasteiger partial charge in [-0.15, -0.1) is 0 Å². The maximum absolute atomic E-state index is 14.0. The third-order valence-corrected chi connectivity index (χ3v) is 5.13. The molecular weight excluding hydrogens is 535 g/mol. The van der Waals surface area contributed by atoms with Crippen LogP contribution in [0.25, 0.3) is 0 Å². The van der Waals surface area contributed by atoms with Gasteiger partial charge in [-0.2, -0.15) is 13.2 Å². The number of carbonyl (C=O) groups excluding carboxylic acids is 1. The number of rotatable bonds is 6. The number of hydrogen-bond donors (Lipinski definition) is 1. The average molecular weight is 549 g/mol. The van der Waals surface area contributed by atoms with Crippen LogP contribution in [0, 0.1) is 18.6 Å². The second-order valence-electron chi connectivity index (χ2n) is 6.79. The van der Waals surface area contributed by atoms with Gasteiger partial charge in [0.1, 0.15) is 28.5 Å². The second kappa shape index (κ2) is 9.75. The zero-order valence-electron chi connectivity index (χ0n) is 17.1. The third kappa shape index (κ3) is 5.50. The molecule has 0 atom stereocenters. The van der Waals surface area contributed by atoms with Crippen LogP contribution in [0.15, 0.2) is 39.9 Å². The van der Waals surface area contributed by atoms with E-state index in [9.17, 15) is 31.5 Å². The van der Waals surface area contributed by atoms with Crippen LogP contribution in [0.1, 0.15) is 17.0 Å². The Morgan fingerprint density at radius 1 is 1.18 bits per heavy atom. The van der Waals surface area contributed by atoms with Gasteiger partial charge < -0.3 is 19.8 Å². The van der Waals surface area contributed by atoms with Gasteiger partial charge in [-0.1, -0.05) is 0 Å². The molecular formula is C20H14BrF5N4O4. The Labute approximate surface area is 196 Å². The number of carbonyl (C=O) groups is 1. The number of esters is 1. The smallest absolute Gasteiger partial charge is 0.483 e. The molecule has 0 aliphatic carbocycles. The Morgan fingerprint density at radius 2 is 1.88 bits per heavy atom. The molecule has 3 aromatic rings. The van der Waals surface area contributed by atoms with E-state index in [0.29, 0.717) is 6.07 Å². The van der Waals surface area contributed by atoms with E-state index < -0.39 is 51.9 Å². The standard InChI is InChI=1S/C20H14BrF5N4O4/c1-9-16(34-19(32)20(24,25)26)17(33-8-10-2-3-11(22)4-13(10)23)15(21)18(31)30(9)7-12-5-29-14(27)6-28-12/h2-6H,7-8H2,1H3,(H2,27,29). The number of pyridine rings is 1. The average Bonchev–Trinajstić information content (AvgIpc) is 2.76.